The van der Waals surface area contributed by atoms with Gasteiger partial charge in [-0.25, -0.2) is 0 Å². The molecule has 0 fully saturated rings. The molecular weight excluding hydrogens is 397 g/mol. The first kappa shape index (κ1) is 25.0. The van der Waals surface area contributed by atoms with Crippen molar-refractivity contribution in [1.29, 1.82) is 0 Å². The Bertz CT molecular complexity index is 52.1. The van der Waals surface area contributed by atoms with Gasteiger partial charge in [0, 0.05) is 0 Å². The van der Waals surface area contributed by atoms with Gasteiger partial charge in [0.25, 0.3) is 0 Å². The van der Waals surface area contributed by atoms with E-state index in [1.54, 1.807) is 0 Å². The molecule has 0 heterocycles. The Morgan fingerprint density at radius 2 is 0.857 bits per heavy atom. The van der Waals surface area contributed by atoms with Crippen molar-refractivity contribution in [2.45, 2.75) is 27.7 Å². The Morgan fingerprint density at radius 3 is 0.857 bits per heavy atom. The minimum absolute atomic E-state index is 1.27. The van der Waals surface area contributed by atoms with Crippen molar-refractivity contribution in [3.63, 3.8) is 0 Å². The predicted molar refractivity (Wildman–Crippen MR) is 66.4 cm³/mol. The van der Waals surface area contributed by atoms with Crippen LogP contribution in [-0.2, 0) is 27.4 Å². The molecule has 0 rings (SSSR count). The molecule has 0 aromatic heterocycles. The van der Waals surface area contributed by atoms with Crippen molar-refractivity contribution in [1.82, 2.24) is 0 Å². The first-order valence-electron chi connectivity index (χ1n) is 3.63. The second-order valence-corrected chi connectivity index (χ2v) is 2.56. The van der Waals surface area contributed by atoms with Crippen molar-refractivity contribution in [3.8, 4) is 0 Å². The van der Waals surface area contributed by atoms with Gasteiger partial charge in [-0.2, -0.15) is 0 Å². The van der Waals surface area contributed by atoms with E-state index in [-0.39, 0.29) is 0 Å². The molecule has 0 aliphatic heterocycles. The Balaban J connectivity index is -0.0000000528. The van der Waals surface area contributed by atoms with Gasteiger partial charge in [0.2, 0.25) is 0 Å². The Kier molecular flexibility index (Phi) is 52.4. The van der Waals surface area contributed by atoms with Crippen LogP contribution in [0.25, 0.3) is 0 Å². The van der Waals surface area contributed by atoms with Crippen LogP contribution in [0.3, 0.4) is 0 Å². The maximum atomic E-state index is 3.69. The molecule has 14 heavy (non-hydrogen) atoms. The van der Waals surface area contributed by atoms with Gasteiger partial charge in [-0.3, -0.25) is 0 Å². The molecule has 0 aliphatic rings. The standard InChI is InChI=1S/2C5H9.2BrH.2Ni/c2*1-4-5(2)3;;;;/h2*4H,1H2,2-3H3;2*1H;;/q;;;;2*+1/p-2. The molecule has 0 saturated heterocycles. The molecule has 92 valence electrons. The molecule has 0 nitrogen and oxygen atoms in total. The second kappa shape index (κ2) is 29.4. The number of hydrogen-bond acceptors (Lipinski definition) is 0. The van der Waals surface area contributed by atoms with Gasteiger partial charge in [-0.15, -0.1) is 0 Å². The Morgan fingerprint density at radius 1 is 0.786 bits per heavy atom. The van der Waals surface area contributed by atoms with E-state index in [9.17, 15) is 0 Å². The van der Waals surface area contributed by atoms with Crippen LogP contribution in [0.15, 0.2) is 0 Å². The van der Waals surface area contributed by atoms with Gasteiger partial charge in [-0.05, 0) is 38.5 Å². The van der Waals surface area contributed by atoms with E-state index in [2.05, 4.69) is 69.7 Å². The van der Waals surface area contributed by atoms with E-state index in [1.807, 2.05) is 40.5 Å². The predicted octanol–water partition coefficient (Wildman–Crippen LogP) is 4.96. The fourth-order valence-electron chi connectivity index (χ4n) is 0. The molecule has 0 aromatic carbocycles. The van der Waals surface area contributed by atoms with Crippen molar-refractivity contribution in [2.24, 2.45) is 0 Å². The number of rotatable bonds is 2. The van der Waals surface area contributed by atoms with Gasteiger partial charge in [0.05, 0.1) is 0 Å². The fourth-order valence-corrected chi connectivity index (χ4v) is 0. The van der Waals surface area contributed by atoms with Crippen LogP contribution in [0, 0.1) is 38.5 Å². The SMILES string of the molecule is [CH2][CH][C](C)C.[CH2][CH][C](C)C.[Ni][Br].[Ni][Br]. The molecular formula is C10H18Br2Ni2. The Labute approximate surface area is 121 Å². The van der Waals surface area contributed by atoms with E-state index in [1.165, 1.54) is 11.8 Å². The van der Waals surface area contributed by atoms with Crippen molar-refractivity contribution >= 4 is 28.5 Å². The average molecular weight is 415 g/mol. The summed E-state index contributed by atoms with van der Waals surface area (Å²) in [6.07, 6.45) is 3.67. The van der Waals surface area contributed by atoms with E-state index in [0.717, 1.165) is 0 Å². The zero-order valence-electron chi connectivity index (χ0n) is 8.96. The molecule has 4 heteroatoms. The van der Waals surface area contributed by atoms with E-state index >= 15 is 0 Å². The van der Waals surface area contributed by atoms with Gasteiger partial charge in [0.1, 0.15) is 0 Å². The van der Waals surface area contributed by atoms with Crippen LogP contribution >= 0.6 is 28.5 Å². The summed E-state index contributed by atoms with van der Waals surface area (Å²) in [7, 11) is 0. The van der Waals surface area contributed by atoms with E-state index in [4.69, 9.17) is 0 Å². The van der Waals surface area contributed by atoms with Gasteiger partial charge >= 0.3 is 55.8 Å². The van der Waals surface area contributed by atoms with Crippen LogP contribution in [0.2, 0.25) is 0 Å². The molecule has 0 amide bonds. The fraction of sp³-hybridized carbons (Fsp3) is 0.400. The van der Waals surface area contributed by atoms with Crippen LogP contribution in [0.4, 0.5) is 0 Å². The number of hydrogen-bond donors (Lipinski definition) is 0. The molecule has 0 atom stereocenters. The average Bonchev–Trinajstić information content (AvgIpc) is 2.24. The van der Waals surface area contributed by atoms with Crippen molar-refractivity contribution in [3.05, 3.63) is 38.5 Å². The molecule has 0 aliphatic carbocycles. The van der Waals surface area contributed by atoms with E-state index < -0.39 is 0 Å². The van der Waals surface area contributed by atoms with Crippen LogP contribution < -0.4 is 0 Å². The second-order valence-electron chi connectivity index (χ2n) is 2.56. The summed E-state index contributed by atoms with van der Waals surface area (Å²) in [6.45, 7) is 15.1. The summed E-state index contributed by atoms with van der Waals surface area (Å²) >= 11 is 12.5. The quantitative estimate of drug-likeness (QED) is 0.559. The third-order valence-electron chi connectivity index (χ3n) is 0.816. The summed E-state index contributed by atoms with van der Waals surface area (Å²) < 4.78 is 0. The maximum absolute atomic E-state index is 3.69. The summed E-state index contributed by atoms with van der Waals surface area (Å²) in [5.41, 5.74) is 0. The molecule has 0 N–H and O–H groups in total. The number of halogens is 2. The molecule has 0 bridgehead atoms. The Hall–Kier alpha value is 1.95. The monoisotopic (exact) mass is 412 g/mol. The molecule has 0 unspecified atom stereocenters. The van der Waals surface area contributed by atoms with Crippen LogP contribution in [0.5, 0.6) is 0 Å². The normalized spacial score (nSPS) is 7.86. The topological polar surface area (TPSA) is 0 Å². The summed E-state index contributed by atoms with van der Waals surface area (Å²) in [4.78, 5) is 0. The zero-order valence-corrected chi connectivity index (χ0v) is 14.1. The van der Waals surface area contributed by atoms with E-state index in [0.29, 0.717) is 0 Å². The minimum atomic E-state index is 1.27. The van der Waals surface area contributed by atoms with Crippen molar-refractivity contribution < 1.29 is 27.4 Å². The molecule has 0 saturated carbocycles. The van der Waals surface area contributed by atoms with Gasteiger partial charge < -0.3 is 0 Å². The van der Waals surface area contributed by atoms with Gasteiger partial charge in [0.15, 0.2) is 0 Å². The molecule has 0 spiro atoms. The third kappa shape index (κ3) is 66.1. The third-order valence-corrected chi connectivity index (χ3v) is 0.816. The summed E-state index contributed by atoms with van der Waals surface area (Å²) in [6, 6.07) is 0. The summed E-state index contributed by atoms with van der Waals surface area (Å²) in [5, 5.41) is 0. The van der Waals surface area contributed by atoms with Crippen LogP contribution in [0.1, 0.15) is 27.7 Å². The molecule has 0 aromatic rings. The first-order chi connectivity index (χ1) is 6.54. The van der Waals surface area contributed by atoms with Crippen LogP contribution in [-0.4, -0.2) is 0 Å². The zero-order chi connectivity index (χ0) is 12.6. The van der Waals surface area contributed by atoms with Gasteiger partial charge in [-0.1, -0.05) is 27.7 Å². The summed E-state index contributed by atoms with van der Waals surface area (Å²) in [5.74, 6) is 2.54. The van der Waals surface area contributed by atoms with Crippen molar-refractivity contribution in [2.75, 3.05) is 0 Å². The first-order valence-corrected chi connectivity index (χ1v) is 8.52. The molecule has 6 radical (unpaired) electrons.